The van der Waals surface area contributed by atoms with Gasteiger partial charge in [-0.1, -0.05) is 11.8 Å². The second-order valence-electron chi connectivity index (χ2n) is 4.65. The molecule has 0 saturated carbocycles. The minimum absolute atomic E-state index is 0.222. The second-order valence-corrected chi connectivity index (χ2v) is 6.42. The van der Waals surface area contributed by atoms with Gasteiger partial charge in [0.25, 0.3) is 0 Å². The van der Waals surface area contributed by atoms with Gasteiger partial charge in [-0.3, -0.25) is 0 Å². The van der Waals surface area contributed by atoms with Gasteiger partial charge in [-0.05, 0) is 48.5 Å². The molecule has 0 radical (unpaired) electrons. The highest BCUT2D eigenvalue weighted by atomic mass is 32.2. The SMILES string of the molecule is O=S(=O)(NCC#Cc1ccc(F)cc1)c1ccc(OC(F)(F)F)cc1. The summed E-state index contributed by atoms with van der Waals surface area (Å²) in [5.41, 5.74) is 0.509. The fraction of sp³-hybridized carbons (Fsp3) is 0.125. The standard InChI is InChI=1S/C16H11F4NO3S/c17-13-5-3-12(4-6-13)2-1-11-21-25(22,23)15-9-7-14(8-10-15)24-16(18,19)20/h3-10,21H,11H2. The summed E-state index contributed by atoms with van der Waals surface area (Å²) in [6.45, 7) is -0.222. The van der Waals surface area contributed by atoms with Crippen LogP contribution in [0.5, 0.6) is 5.75 Å². The third kappa shape index (κ3) is 6.10. The van der Waals surface area contributed by atoms with Crippen molar-refractivity contribution in [3.05, 3.63) is 59.9 Å². The van der Waals surface area contributed by atoms with E-state index in [1.807, 2.05) is 0 Å². The molecule has 132 valence electrons. The van der Waals surface area contributed by atoms with E-state index in [0.717, 1.165) is 24.3 Å². The fourth-order valence-corrected chi connectivity index (χ4v) is 2.64. The van der Waals surface area contributed by atoms with Crippen molar-refractivity contribution in [3.8, 4) is 17.6 Å². The average molecular weight is 373 g/mol. The molecular formula is C16H11F4NO3S. The summed E-state index contributed by atoms with van der Waals surface area (Å²) < 4.78 is 78.7. The van der Waals surface area contributed by atoms with Gasteiger partial charge < -0.3 is 4.74 Å². The van der Waals surface area contributed by atoms with Gasteiger partial charge in [0.05, 0.1) is 11.4 Å². The van der Waals surface area contributed by atoms with Crippen LogP contribution in [0.2, 0.25) is 0 Å². The first-order valence-corrected chi connectivity index (χ1v) is 8.24. The van der Waals surface area contributed by atoms with Crippen LogP contribution in [0.15, 0.2) is 53.4 Å². The number of rotatable bonds is 4. The summed E-state index contributed by atoms with van der Waals surface area (Å²) in [6.07, 6.45) is -4.85. The van der Waals surface area contributed by atoms with Gasteiger partial charge in [-0.2, -0.15) is 4.72 Å². The Morgan fingerprint density at radius 2 is 1.60 bits per heavy atom. The summed E-state index contributed by atoms with van der Waals surface area (Å²) >= 11 is 0. The minimum Gasteiger partial charge on any atom is -0.406 e. The van der Waals surface area contributed by atoms with Crippen molar-refractivity contribution < 1.29 is 30.7 Å². The average Bonchev–Trinajstić information content (AvgIpc) is 2.52. The number of ether oxygens (including phenoxy) is 1. The number of hydrogen-bond donors (Lipinski definition) is 1. The Labute approximate surface area is 141 Å². The predicted octanol–water partition coefficient (Wildman–Crippen LogP) is 3.05. The zero-order valence-electron chi connectivity index (χ0n) is 12.5. The lowest BCUT2D eigenvalue weighted by Gasteiger charge is -2.09. The van der Waals surface area contributed by atoms with Crippen LogP contribution in [0.1, 0.15) is 5.56 Å². The van der Waals surface area contributed by atoms with Crippen LogP contribution < -0.4 is 9.46 Å². The zero-order valence-corrected chi connectivity index (χ0v) is 13.3. The number of alkyl halides is 3. The van der Waals surface area contributed by atoms with Gasteiger partial charge in [-0.25, -0.2) is 12.8 Å². The summed E-state index contributed by atoms with van der Waals surface area (Å²) in [4.78, 5) is -0.231. The van der Waals surface area contributed by atoms with E-state index in [-0.39, 0.29) is 11.4 Å². The molecule has 0 spiro atoms. The van der Waals surface area contributed by atoms with Crippen LogP contribution in [0, 0.1) is 17.7 Å². The van der Waals surface area contributed by atoms with Gasteiger partial charge in [0.15, 0.2) is 0 Å². The van der Waals surface area contributed by atoms with Crippen molar-refractivity contribution in [1.82, 2.24) is 4.72 Å². The Hall–Kier alpha value is -2.57. The first-order chi connectivity index (χ1) is 11.7. The van der Waals surface area contributed by atoms with Gasteiger partial charge in [-0.15, -0.1) is 13.2 Å². The maximum Gasteiger partial charge on any atom is 0.573 e. The maximum absolute atomic E-state index is 12.7. The highest BCUT2D eigenvalue weighted by Crippen LogP contribution is 2.23. The molecule has 2 aromatic rings. The maximum atomic E-state index is 12.7. The number of nitrogens with one attached hydrogen (secondary N) is 1. The summed E-state index contributed by atoms with van der Waals surface area (Å²) in [5.74, 6) is 4.26. The van der Waals surface area contributed by atoms with E-state index in [1.54, 1.807) is 0 Å². The molecule has 0 unspecified atom stereocenters. The Morgan fingerprint density at radius 1 is 1.00 bits per heavy atom. The molecule has 9 heteroatoms. The molecule has 0 aliphatic heterocycles. The minimum atomic E-state index is -4.85. The first-order valence-electron chi connectivity index (χ1n) is 6.76. The van der Waals surface area contributed by atoms with Gasteiger partial charge in [0, 0.05) is 5.56 Å². The smallest absolute Gasteiger partial charge is 0.406 e. The topological polar surface area (TPSA) is 55.4 Å². The number of halogens is 4. The van der Waals surface area contributed by atoms with E-state index < -0.39 is 28.0 Å². The van der Waals surface area contributed by atoms with Gasteiger partial charge >= 0.3 is 6.36 Å². The molecule has 0 aromatic heterocycles. The molecule has 2 aromatic carbocycles. The van der Waals surface area contributed by atoms with E-state index >= 15 is 0 Å². The highest BCUT2D eigenvalue weighted by Gasteiger charge is 2.31. The van der Waals surface area contributed by atoms with E-state index in [2.05, 4.69) is 21.3 Å². The molecule has 0 amide bonds. The molecule has 0 aliphatic carbocycles. The van der Waals surface area contributed by atoms with Crippen molar-refractivity contribution in [2.75, 3.05) is 6.54 Å². The predicted molar refractivity (Wildman–Crippen MR) is 81.6 cm³/mol. The monoisotopic (exact) mass is 373 g/mol. The summed E-state index contributed by atoms with van der Waals surface area (Å²) in [7, 11) is -3.93. The van der Waals surface area contributed by atoms with Crippen LogP contribution in [0.25, 0.3) is 0 Å². The zero-order chi connectivity index (χ0) is 18.5. The molecule has 2 rings (SSSR count). The van der Waals surface area contributed by atoms with Crippen LogP contribution >= 0.6 is 0 Å². The summed E-state index contributed by atoms with van der Waals surface area (Å²) in [5, 5.41) is 0. The van der Waals surface area contributed by atoms with Crippen molar-refractivity contribution in [2.24, 2.45) is 0 Å². The first kappa shape index (κ1) is 18.8. The van der Waals surface area contributed by atoms with Gasteiger partial charge in [0.2, 0.25) is 10.0 Å². The van der Waals surface area contributed by atoms with Crippen LogP contribution in [-0.4, -0.2) is 21.3 Å². The lowest BCUT2D eigenvalue weighted by atomic mass is 10.2. The van der Waals surface area contributed by atoms with Crippen molar-refractivity contribution in [1.29, 1.82) is 0 Å². The molecule has 0 bridgehead atoms. The lowest BCUT2D eigenvalue weighted by molar-refractivity contribution is -0.274. The molecule has 0 fully saturated rings. The fourth-order valence-electron chi connectivity index (χ4n) is 1.71. The molecular weight excluding hydrogens is 362 g/mol. The molecule has 1 N–H and O–H groups in total. The van der Waals surface area contributed by atoms with E-state index in [4.69, 9.17) is 0 Å². The van der Waals surface area contributed by atoms with Crippen molar-refractivity contribution in [2.45, 2.75) is 11.3 Å². The van der Waals surface area contributed by atoms with Gasteiger partial charge in [0.1, 0.15) is 11.6 Å². The van der Waals surface area contributed by atoms with E-state index in [9.17, 15) is 26.0 Å². The molecule has 0 aliphatic rings. The molecule has 0 atom stereocenters. The Bertz CT molecular complexity index is 880. The van der Waals surface area contributed by atoms with Crippen LogP contribution in [-0.2, 0) is 10.0 Å². The number of benzene rings is 2. The number of sulfonamides is 1. The third-order valence-corrected chi connectivity index (χ3v) is 4.21. The Balaban J connectivity index is 1.98. The normalized spacial score (nSPS) is 11.5. The third-order valence-electron chi connectivity index (χ3n) is 2.80. The van der Waals surface area contributed by atoms with Crippen molar-refractivity contribution >= 4 is 10.0 Å². The summed E-state index contributed by atoms with van der Waals surface area (Å²) in [6, 6.07) is 9.08. The molecule has 0 saturated heterocycles. The Morgan fingerprint density at radius 3 is 2.16 bits per heavy atom. The second kappa shape index (κ2) is 7.55. The molecule has 4 nitrogen and oxygen atoms in total. The Kier molecular flexibility index (Phi) is 5.66. The molecule has 25 heavy (non-hydrogen) atoms. The molecule has 0 heterocycles. The van der Waals surface area contributed by atoms with E-state index in [1.165, 1.54) is 24.3 Å². The van der Waals surface area contributed by atoms with Crippen LogP contribution in [0.3, 0.4) is 0 Å². The quantitative estimate of drug-likeness (QED) is 0.662. The van der Waals surface area contributed by atoms with Crippen LogP contribution in [0.4, 0.5) is 17.6 Å². The number of hydrogen-bond acceptors (Lipinski definition) is 3. The lowest BCUT2D eigenvalue weighted by Crippen LogP contribution is -2.24. The largest absolute Gasteiger partial charge is 0.573 e. The van der Waals surface area contributed by atoms with Crippen molar-refractivity contribution in [3.63, 3.8) is 0 Å². The van der Waals surface area contributed by atoms with E-state index in [0.29, 0.717) is 5.56 Å². The highest BCUT2D eigenvalue weighted by molar-refractivity contribution is 7.89.